The van der Waals surface area contributed by atoms with Crippen LogP contribution in [0.4, 0.5) is 5.82 Å². The topological polar surface area (TPSA) is 42.1 Å². The van der Waals surface area contributed by atoms with E-state index in [0.717, 1.165) is 30.0 Å². The summed E-state index contributed by atoms with van der Waals surface area (Å²) in [5, 5.41) is 0. The van der Waals surface area contributed by atoms with Crippen molar-refractivity contribution >= 4 is 23.0 Å². The number of aryl methyl sites for hydroxylation is 1. The average molecular weight is 277 g/mol. The summed E-state index contributed by atoms with van der Waals surface area (Å²) in [6.07, 6.45) is 6.31. The number of rotatable bonds is 3. The molecule has 1 aliphatic rings. The number of thiocarbonyl (C=S) groups is 1. The summed E-state index contributed by atoms with van der Waals surface area (Å²) in [5.41, 5.74) is 7.68. The molecule has 1 saturated heterocycles. The SMILES string of the molecule is CCC1CCCCCN1c1cc(C(N)=S)cc(C)n1. The number of hydrogen-bond donors (Lipinski definition) is 1. The Morgan fingerprint density at radius 3 is 2.89 bits per heavy atom. The highest BCUT2D eigenvalue weighted by Crippen LogP contribution is 2.25. The van der Waals surface area contributed by atoms with Crippen molar-refractivity contribution in [2.24, 2.45) is 5.73 Å². The highest BCUT2D eigenvalue weighted by Gasteiger charge is 2.21. The van der Waals surface area contributed by atoms with Gasteiger partial charge in [0.05, 0.1) is 0 Å². The molecule has 104 valence electrons. The minimum Gasteiger partial charge on any atom is -0.389 e. The van der Waals surface area contributed by atoms with Crippen LogP contribution < -0.4 is 10.6 Å². The van der Waals surface area contributed by atoms with E-state index >= 15 is 0 Å². The first-order chi connectivity index (χ1) is 9.11. The van der Waals surface area contributed by atoms with Gasteiger partial charge in [0, 0.05) is 23.8 Å². The van der Waals surface area contributed by atoms with Crippen LogP contribution in [0.5, 0.6) is 0 Å². The van der Waals surface area contributed by atoms with Gasteiger partial charge in [0.2, 0.25) is 0 Å². The molecule has 0 saturated carbocycles. The third-order valence-electron chi connectivity index (χ3n) is 3.87. The standard InChI is InChI=1S/C15H23N3S/c1-3-13-7-5-4-6-8-18(13)14-10-12(15(16)19)9-11(2)17-14/h9-10,13H,3-8H2,1-2H3,(H2,16,19). The summed E-state index contributed by atoms with van der Waals surface area (Å²) in [7, 11) is 0. The van der Waals surface area contributed by atoms with Crippen molar-refractivity contribution in [3.63, 3.8) is 0 Å². The molecule has 2 heterocycles. The zero-order valence-electron chi connectivity index (χ0n) is 11.9. The number of pyridine rings is 1. The molecule has 1 fully saturated rings. The Morgan fingerprint density at radius 1 is 1.42 bits per heavy atom. The van der Waals surface area contributed by atoms with Crippen LogP contribution in [0, 0.1) is 6.92 Å². The van der Waals surface area contributed by atoms with E-state index in [1.54, 1.807) is 0 Å². The predicted molar refractivity (Wildman–Crippen MR) is 84.8 cm³/mol. The lowest BCUT2D eigenvalue weighted by Crippen LogP contribution is -2.35. The van der Waals surface area contributed by atoms with Crippen LogP contribution in [0.1, 0.15) is 50.3 Å². The van der Waals surface area contributed by atoms with Gasteiger partial charge in [-0.25, -0.2) is 4.98 Å². The van der Waals surface area contributed by atoms with E-state index in [2.05, 4.69) is 11.8 Å². The van der Waals surface area contributed by atoms with Crippen LogP contribution in [0.15, 0.2) is 12.1 Å². The van der Waals surface area contributed by atoms with Gasteiger partial charge in [0.15, 0.2) is 0 Å². The summed E-state index contributed by atoms with van der Waals surface area (Å²) in [5.74, 6) is 1.04. The second kappa shape index (κ2) is 6.33. The smallest absolute Gasteiger partial charge is 0.129 e. The molecule has 2 rings (SSSR count). The number of hydrogen-bond acceptors (Lipinski definition) is 3. The fraction of sp³-hybridized carbons (Fsp3) is 0.600. The first kappa shape index (κ1) is 14.3. The third kappa shape index (κ3) is 3.44. The zero-order valence-corrected chi connectivity index (χ0v) is 12.7. The fourth-order valence-electron chi connectivity index (χ4n) is 2.84. The molecule has 0 bridgehead atoms. The number of aromatic nitrogens is 1. The third-order valence-corrected chi connectivity index (χ3v) is 4.10. The second-order valence-corrected chi connectivity index (χ2v) is 5.76. The second-order valence-electron chi connectivity index (χ2n) is 5.32. The summed E-state index contributed by atoms with van der Waals surface area (Å²) >= 11 is 5.10. The van der Waals surface area contributed by atoms with Gasteiger partial charge in [0.25, 0.3) is 0 Å². The van der Waals surface area contributed by atoms with Crippen molar-refractivity contribution in [2.75, 3.05) is 11.4 Å². The molecular weight excluding hydrogens is 254 g/mol. The molecule has 1 aliphatic heterocycles. The lowest BCUT2D eigenvalue weighted by molar-refractivity contribution is 0.552. The van der Waals surface area contributed by atoms with E-state index in [4.69, 9.17) is 22.9 Å². The molecule has 0 aromatic carbocycles. The summed E-state index contributed by atoms with van der Waals surface area (Å²) in [6, 6.07) is 4.60. The highest BCUT2D eigenvalue weighted by molar-refractivity contribution is 7.80. The van der Waals surface area contributed by atoms with E-state index in [1.807, 2.05) is 19.1 Å². The minimum atomic E-state index is 0.453. The maximum atomic E-state index is 5.76. The molecule has 3 nitrogen and oxygen atoms in total. The molecule has 1 atom stereocenters. The Balaban J connectivity index is 2.34. The number of anilines is 1. The van der Waals surface area contributed by atoms with Crippen molar-refractivity contribution in [3.05, 3.63) is 23.4 Å². The largest absolute Gasteiger partial charge is 0.389 e. The monoisotopic (exact) mass is 277 g/mol. The zero-order chi connectivity index (χ0) is 13.8. The van der Waals surface area contributed by atoms with Crippen LogP contribution in [-0.2, 0) is 0 Å². The highest BCUT2D eigenvalue weighted by atomic mass is 32.1. The van der Waals surface area contributed by atoms with Crippen LogP contribution in [0.25, 0.3) is 0 Å². The van der Waals surface area contributed by atoms with Crippen molar-refractivity contribution in [3.8, 4) is 0 Å². The van der Waals surface area contributed by atoms with Gasteiger partial charge >= 0.3 is 0 Å². The Bertz CT molecular complexity index is 459. The van der Waals surface area contributed by atoms with Crippen molar-refractivity contribution < 1.29 is 0 Å². The van der Waals surface area contributed by atoms with Crippen molar-refractivity contribution in [1.82, 2.24) is 4.98 Å². The van der Waals surface area contributed by atoms with Gasteiger partial charge < -0.3 is 10.6 Å². The molecule has 0 aliphatic carbocycles. The molecule has 0 amide bonds. The van der Waals surface area contributed by atoms with E-state index in [9.17, 15) is 0 Å². The minimum absolute atomic E-state index is 0.453. The number of nitrogens with zero attached hydrogens (tertiary/aromatic N) is 2. The number of nitrogens with two attached hydrogens (primary N) is 1. The summed E-state index contributed by atoms with van der Waals surface area (Å²) in [4.78, 5) is 7.59. The molecule has 2 N–H and O–H groups in total. The first-order valence-electron chi connectivity index (χ1n) is 7.17. The van der Waals surface area contributed by atoms with Crippen LogP contribution in [0.2, 0.25) is 0 Å². The summed E-state index contributed by atoms with van der Waals surface area (Å²) < 4.78 is 0. The van der Waals surface area contributed by atoms with E-state index < -0.39 is 0 Å². The van der Waals surface area contributed by atoms with E-state index in [0.29, 0.717) is 11.0 Å². The quantitative estimate of drug-likeness (QED) is 0.862. The maximum Gasteiger partial charge on any atom is 0.129 e. The average Bonchev–Trinajstić information content (AvgIpc) is 2.62. The molecule has 1 aromatic rings. The molecule has 19 heavy (non-hydrogen) atoms. The molecular formula is C15H23N3S. The fourth-order valence-corrected chi connectivity index (χ4v) is 2.96. The Labute approximate surface area is 121 Å². The lowest BCUT2D eigenvalue weighted by Gasteiger charge is -2.31. The molecule has 0 spiro atoms. The van der Waals surface area contributed by atoms with E-state index in [1.165, 1.54) is 25.7 Å². The van der Waals surface area contributed by atoms with Crippen LogP contribution in [0.3, 0.4) is 0 Å². The lowest BCUT2D eigenvalue weighted by atomic mass is 10.1. The van der Waals surface area contributed by atoms with Crippen molar-refractivity contribution in [1.29, 1.82) is 0 Å². The Hall–Kier alpha value is -1.16. The molecule has 4 heteroatoms. The van der Waals surface area contributed by atoms with Gasteiger partial charge in [-0.05, 0) is 38.3 Å². The van der Waals surface area contributed by atoms with Crippen LogP contribution >= 0.6 is 12.2 Å². The Morgan fingerprint density at radius 2 is 2.21 bits per heavy atom. The van der Waals surface area contributed by atoms with Gasteiger partial charge in [-0.1, -0.05) is 32.0 Å². The van der Waals surface area contributed by atoms with Crippen molar-refractivity contribution in [2.45, 2.75) is 52.0 Å². The van der Waals surface area contributed by atoms with E-state index in [-0.39, 0.29) is 0 Å². The normalized spacial score (nSPS) is 20.1. The Kier molecular flexibility index (Phi) is 4.75. The first-order valence-corrected chi connectivity index (χ1v) is 7.57. The maximum absolute atomic E-state index is 5.76. The molecule has 1 unspecified atom stereocenters. The summed E-state index contributed by atoms with van der Waals surface area (Å²) in [6.45, 7) is 5.35. The van der Waals surface area contributed by atoms with Gasteiger partial charge in [-0.3, -0.25) is 0 Å². The van der Waals surface area contributed by atoms with Gasteiger partial charge in [0.1, 0.15) is 10.8 Å². The molecule has 0 radical (unpaired) electrons. The van der Waals surface area contributed by atoms with Gasteiger partial charge in [-0.15, -0.1) is 0 Å². The molecule has 1 aromatic heterocycles. The van der Waals surface area contributed by atoms with Gasteiger partial charge in [-0.2, -0.15) is 0 Å². The predicted octanol–water partition coefficient (Wildman–Crippen LogP) is 3.18. The van der Waals surface area contributed by atoms with Crippen LogP contribution in [-0.4, -0.2) is 22.6 Å².